The van der Waals surface area contributed by atoms with Crippen LogP contribution in [0.25, 0.3) is 0 Å². The van der Waals surface area contributed by atoms with E-state index in [9.17, 15) is 4.79 Å². The van der Waals surface area contributed by atoms with Crippen LogP contribution in [0.15, 0.2) is 32.8 Å². The summed E-state index contributed by atoms with van der Waals surface area (Å²) >= 11 is 8.13. The number of amides is 1. The van der Waals surface area contributed by atoms with Gasteiger partial charge in [-0.05, 0) is 44.0 Å². The molecule has 7 heteroatoms. The molecule has 0 aliphatic heterocycles. The molecule has 2 rings (SSSR count). The molecule has 0 aliphatic carbocycles. The third kappa shape index (κ3) is 3.34. The maximum atomic E-state index is 12.2. The van der Waals surface area contributed by atoms with E-state index in [1.165, 1.54) is 11.3 Å². The van der Waals surface area contributed by atoms with Crippen LogP contribution in [0.5, 0.6) is 0 Å². The number of rotatable bonds is 3. The molecule has 0 aliphatic rings. The smallest absolute Gasteiger partial charge is 0.265 e. The molecule has 100 valence electrons. The molecule has 0 saturated carbocycles. The van der Waals surface area contributed by atoms with E-state index in [4.69, 9.17) is 0 Å². The molecule has 2 aromatic rings. The van der Waals surface area contributed by atoms with Crippen molar-refractivity contribution in [2.75, 3.05) is 24.3 Å². The first-order chi connectivity index (χ1) is 8.99. The maximum absolute atomic E-state index is 12.2. The fraction of sp³-hybridized carbons (Fsp3) is 0.167. The zero-order chi connectivity index (χ0) is 14.0. The van der Waals surface area contributed by atoms with Gasteiger partial charge in [-0.15, -0.1) is 11.3 Å². The number of anilines is 2. The van der Waals surface area contributed by atoms with E-state index in [0.29, 0.717) is 10.6 Å². The second-order valence-corrected chi connectivity index (χ2v) is 7.20. The predicted molar refractivity (Wildman–Crippen MR) is 86.2 cm³/mol. The highest BCUT2D eigenvalue weighted by atomic mass is 79.9. The normalized spacial score (nSPS) is 10.3. The van der Waals surface area contributed by atoms with Crippen LogP contribution in [0.1, 0.15) is 9.67 Å². The molecule has 2 aromatic heterocycles. The third-order valence-corrected chi connectivity index (χ3v) is 5.65. The maximum Gasteiger partial charge on any atom is 0.265 e. The number of nitrogens with one attached hydrogen (secondary N) is 1. The molecule has 0 radical (unpaired) electrons. The van der Waals surface area contributed by atoms with Crippen molar-refractivity contribution in [3.63, 3.8) is 0 Å². The minimum absolute atomic E-state index is 0.146. The number of carbonyl (C=O) groups excluding carboxylic acids is 1. The summed E-state index contributed by atoms with van der Waals surface area (Å²) in [7, 11) is 3.84. The Kier molecular flexibility index (Phi) is 4.59. The lowest BCUT2D eigenvalue weighted by Crippen LogP contribution is -2.16. The summed E-state index contributed by atoms with van der Waals surface area (Å²) in [6, 6.07) is 3.64. The van der Waals surface area contributed by atoms with Crippen LogP contribution in [0.4, 0.5) is 11.4 Å². The Labute approximate surface area is 132 Å². The molecule has 19 heavy (non-hydrogen) atoms. The van der Waals surface area contributed by atoms with Gasteiger partial charge in [0, 0.05) is 24.8 Å². The highest BCUT2D eigenvalue weighted by Gasteiger charge is 2.14. The van der Waals surface area contributed by atoms with Gasteiger partial charge < -0.3 is 10.2 Å². The second kappa shape index (κ2) is 6.02. The number of halogens is 2. The number of thiophene rings is 1. The summed E-state index contributed by atoms with van der Waals surface area (Å²) in [5, 5.41) is 2.87. The van der Waals surface area contributed by atoms with Crippen LogP contribution in [0, 0.1) is 0 Å². The van der Waals surface area contributed by atoms with Gasteiger partial charge in [0.05, 0.1) is 26.2 Å². The van der Waals surface area contributed by atoms with Gasteiger partial charge in [0.1, 0.15) is 0 Å². The standard InChI is InChI=1S/C12H11Br2N3OS/c1-17(2)9-3-4-15-6-8(9)16-12(18)10-5-7(13)11(14)19-10/h3-6H,1-2H3,(H,16,18). The quantitative estimate of drug-likeness (QED) is 0.841. The van der Waals surface area contributed by atoms with E-state index in [0.717, 1.165) is 13.9 Å². The summed E-state index contributed by atoms with van der Waals surface area (Å²) < 4.78 is 1.78. The Hall–Kier alpha value is -0.920. The average molecular weight is 405 g/mol. The first-order valence-electron chi connectivity index (χ1n) is 5.36. The minimum atomic E-state index is -0.146. The zero-order valence-electron chi connectivity index (χ0n) is 10.3. The molecule has 4 nitrogen and oxygen atoms in total. The summed E-state index contributed by atoms with van der Waals surface area (Å²) in [5.74, 6) is -0.146. The van der Waals surface area contributed by atoms with Crippen molar-refractivity contribution in [1.29, 1.82) is 0 Å². The predicted octanol–water partition coefficient (Wildman–Crippen LogP) is 3.99. The van der Waals surface area contributed by atoms with Crippen LogP contribution in [0.3, 0.4) is 0 Å². The topological polar surface area (TPSA) is 45.2 Å². The largest absolute Gasteiger partial charge is 0.376 e. The number of aromatic nitrogens is 1. The van der Waals surface area contributed by atoms with Crippen molar-refractivity contribution >= 4 is 60.5 Å². The van der Waals surface area contributed by atoms with Gasteiger partial charge in [-0.2, -0.15) is 0 Å². The number of hydrogen-bond acceptors (Lipinski definition) is 4. The number of nitrogens with zero attached hydrogens (tertiary/aromatic N) is 2. The number of pyridine rings is 1. The van der Waals surface area contributed by atoms with Gasteiger partial charge in [0.15, 0.2) is 0 Å². The lowest BCUT2D eigenvalue weighted by atomic mass is 10.3. The Balaban J connectivity index is 2.24. The van der Waals surface area contributed by atoms with Crippen molar-refractivity contribution in [1.82, 2.24) is 4.98 Å². The highest BCUT2D eigenvalue weighted by molar-refractivity contribution is 9.13. The molecule has 0 atom stereocenters. The van der Waals surface area contributed by atoms with E-state index in [1.54, 1.807) is 18.5 Å². The molecule has 2 heterocycles. The van der Waals surface area contributed by atoms with E-state index < -0.39 is 0 Å². The Bertz CT molecular complexity index is 593. The first-order valence-corrected chi connectivity index (χ1v) is 7.77. The van der Waals surface area contributed by atoms with Crippen LogP contribution in [0.2, 0.25) is 0 Å². The number of hydrogen-bond donors (Lipinski definition) is 1. The molecule has 0 fully saturated rings. The monoisotopic (exact) mass is 403 g/mol. The van der Waals surface area contributed by atoms with Gasteiger partial charge in [-0.3, -0.25) is 9.78 Å². The molecule has 1 amide bonds. The molecule has 0 aromatic carbocycles. The van der Waals surface area contributed by atoms with E-state index in [-0.39, 0.29) is 5.91 Å². The van der Waals surface area contributed by atoms with Gasteiger partial charge in [0.2, 0.25) is 0 Å². The van der Waals surface area contributed by atoms with E-state index in [1.807, 2.05) is 25.1 Å². The van der Waals surface area contributed by atoms with Gasteiger partial charge in [0.25, 0.3) is 5.91 Å². The summed E-state index contributed by atoms with van der Waals surface area (Å²) in [5.41, 5.74) is 1.61. The molecular weight excluding hydrogens is 394 g/mol. The van der Waals surface area contributed by atoms with Crippen molar-refractivity contribution in [2.24, 2.45) is 0 Å². The number of carbonyl (C=O) groups is 1. The lowest BCUT2D eigenvalue weighted by molar-refractivity contribution is 0.103. The summed E-state index contributed by atoms with van der Waals surface area (Å²) in [6.45, 7) is 0. The van der Waals surface area contributed by atoms with Crippen LogP contribution in [-0.4, -0.2) is 25.0 Å². The molecular formula is C12H11Br2N3OS. The van der Waals surface area contributed by atoms with Crippen LogP contribution < -0.4 is 10.2 Å². The van der Waals surface area contributed by atoms with Crippen molar-refractivity contribution < 1.29 is 4.79 Å². The summed E-state index contributed by atoms with van der Waals surface area (Å²) in [4.78, 5) is 18.8. The third-order valence-electron chi connectivity index (χ3n) is 2.40. The summed E-state index contributed by atoms with van der Waals surface area (Å²) in [6.07, 6.45) is 3.34. The SMILES string of the molecule is CN(C)c1ccncc1NC(=O)c1cc(Br)c(Br)s1. The first kappa shape index (κ1) is 14.5. The highest BCUT2D eigenvalue weighted by Crippen LogP contribution is 2.33. The fourth-order valence-corrected chi connectivity index (χ4v) is 3.45. The van der Waals surface area contributed by atoms with Crippen molar-refractivity contribution in [2.45, 2.75) is 0 Å². The minimum Gasteiger partial charge on any atom is -0.376 e. The second-order valence-electron chi connectivity index (χ2n) is 3.97. The van der Waals surface area contributed by atoms with E-state index in [2.05, 4.69) is 42.2 Å². The lowest BCUT2D eigenvalue weighted by Gasteiger charge is -2.16. The molecule has 1 N–H and O–H groups in total. The molecule has 0 unspecified atom stereocenters. The van der Waals surface area contributed by atoms with Gasteiger partial charge in [-0.25, -0.2) is 0 Å². The molecule has 0 spiro atoms. The molecule has 0 bridgehead atoms. The average Bonchev–Trinajstić information content (AvgIpc) is 2.70. The Morgan fingerprint density at radius 1 is 1.42 bits per heavy atom. The zero-order valence-corrected chi connectivity index (χ0v) is 14.3. The fourth-order valence-electron chi connectivity index (χ4n) is 1.52. The van der Waals surface area contributed by atoms with Crippen molar-refractivity contribution in [3.8, 4) is 0 Å². The van der Waals surface area contributed by atoms with Crippen LogP contribution >= 0.6 is 43.2 Å². The Morgan fingerprint density at radius 2 is 2.16 bits per heavy atom. The van der Waals surface area contributed by atoms with Crippen LogP contribution in [-0.2, 0) is 0 Å². The Morgan fingerprint density at radius 3 is 2.74 bits per heavy atom. The van der Waals surface area contributed by atoms with Crippen molar-refractivity contribution in [3.05, 3.63) is 37.7 Å². The van der Waals surface area contributed by atoms with Gasteiger partial charge >= 0.3 is 0 Å². The van der Waals surface area contributed by atoms with E-state index >= 15 is 0 Å². The van der Waals surface area contributed by atoms with Gasteiger partial charge in [-0.1, -0.05) is 0 Å². The molecule has 0 saturated heterocycles.